The molecule has 0 saturated carbocycles. The highest BCUT2D eigenvalue weighted by atomic mass is 15.2. The maximum atomic E-state index is 3.46. The van der Waals surface area contributed by atoms with Gasteiger partial charge in [0.25, 0.3) is 0 Å². The van der Waals surface area contributed by atoms with Crippen LogP contribution in [0.3, 0.4) is 0 Å². The summed E-state index contributed by atoms with van der Waals surface area (Å²) in [6, 6.07) is 1.65. The molecule has 16 heavy (non-hydrogen) atoms. The summed E-state index contributed by atoms with van der Waals surface area (Å²) in [5.41, 5.74) is 0. The standard InChI is InChI=1S/C14H28N2/c1-12-4-3-5-13(2)16(12)11-8-14-6-9-15-10-7-14/h12-15H,3-11H2,1-2H3/t12-,13+. The molecule has 2 saturated heterocycles. The van der Waals surface area contributed by atoms with Crippen molar-refractivity contribution in [1.82, 2.24) is 10.2 Å². The fourth-order valence-corrected chi connectivity index (χ4v) is 3.42. The van der Waals surface area contributed by atoms with Gasteiger partial charge in [-0.3, -0.25) is 4.90 Å². The van der Waals surface area contributed by atoms with Crippen LogP contribution in [0.25, 0.3) is 0 Å². The van der Waals surface area contributed by atoms with Crippen molar-refractivity contribution < 1.29 is 0 Å². The third-order valence-electron chi connectivity index (χ3n) is 4.63. The summed E-state index contributed by atoms with van der Waals surface area (Å²) in [6.07, 6.45) is 8.49. The first kappa shape index (κ1) is 12.4. The van der Waals surface area contributed by atoms with Crippen molar-refractivity contribution in [2.24, 2.45) is 5.92 Å². The van der Waals surface area contributed by atoms with Crippen molar-refractivity contribution in [2.45, 2.75) is 64.5 Å². The number of likely N-dealkylation sites (tertiary alicyclic amines) is 1. The third kappa shape index (κ3) is 3.21. The van der Waals surface area contributed by atoms with Crippen molar-refractivity contribution >= 4 is 0 Å². The minimum atomic E-state index is 0.825. The molecule has 0 bridgehead atoms. The molecule has 0 aromatic heterocycles. The van der Waals surface area contributed by atoms with Crippen LogP contribution < -0.4 is 5.32 Å². The SMILES string of the molecule is C[C@@H]1CCC[C@H](C)N1CCC1CCNCC1. The van der Waals surface area contributed by atoms with Gasteiger partial charge in [-0.1, -0.05) is 6.42 Å². The van der Waals surface area contributed by atoms with Crippen molar-refractivity contribution in [3.63, 3.8) is 0 Å². The van der Waals surface area contributed by atoms with E-state index < -0.39 is 0 Å². The van der Waals surface area contributed by atoms with Gasteiger partial charge in [-0.2, -0.15) is 0 Å². The zero-order valence-electron chi connectivity index (χ0n) is 11.0. The number of hydrogen-bond acceptors (Lipinski definition) is 2. The van der Waals surface area contributed by atoms with E-state index in [1.54, 1.807) is 0 Å². The van der Waals surface area contributed by atoms with Gasteiger partial charge in [0.15, 0.2) is 0 Å². The molecule has 2 aliphatic rings. The molecule has 0 amide bonds. The Hall–Kier alpha value is -0.0800. The summed E-state index contributed by atoms with van der Waals surface area (Å²) in [4.78, 5) is 2.76. The molecular formula is C14H28N2. The summed E-state index contributed by atoms with van der Waals surface area (Å²) in [5.74, 6) is 0.988. The van der Waals surface area contributed by atoms with E-state index in [0.717, 1.165) is 18.0 Å². The second-order valence-corrected chi connectivity index (χ2v) is 5.85. The van der Waals surface area contributed by atoms with Crippen LogP contribution >= 0.6 is 0 Å². The molecule has 0 unspecified atom stereocenters. The normalized spacial score (nSPS) is 34.1. The summed E-state index contributed by atoms with van der Waals surface area (Å²) in [7, 11) is 0. The Labute approximate surface area is 101 Å². The Morgan fingerprint density at radius 2 is 1.62 bits per heavy atom. The summed E-state index contributed by atoms with van der Waals surface area (Å²) < 4.78 is 0. The van der Waals surface area contributed by atoms with E-state index in [1.165, 1.54) is 58.2 Å². The van der Waals surface area contributed by atoms with Crippen LogP contribution in [0.1, 0.15) is 52.4 Å². The first-order valence-corrected chi connectivity index (χ1v) is 7.24. The molecule has 0 aromatic carbocycles. The quantitative estimate of drug-likeness (QED) is 0.793. The minimum absolute atomic E-state index is 0.825. The van der Waals surface area contributed by atoms with Crippen molar-refractivity contribution in [2.75, 3.05) is 19.6 Å². The van der Waals surface area contributed by atoms with Gasteiger partial charge in [-0.05, 0) is 71.5 Å². The van der Waals surface area contributed by atoms with E-state index in [4.69, 9.17) is 0 Å². The predicted molar refractivity (Wildman–Crippen MR) is 69.7 cm³/mol. The Morgan fingerprint density at radius 3 is 2.25 bits per heavy atom. The predicted octanol–water partition coefficient (Wildman–Crippen LogP) is 2.64. The molecule has 2 heteroatoms. The molecule has 0 aromatic rings. The minimum Gasteiger partial charge on any atom is -0.317 e. The highest BCUT2D eigenvalue weighted by Gasteiger charge is 2.25. The number of hydrogen-bond donors (Lipinski definition) is 1. The average Bonchev–Trinajstić information content (AvgIpc) is 2.30. The van der Waals surface area contributed by atoms with Gasteiger partial charge >= 0.3 is 0 Å². The molecule has 2 fully saturated rings. The molecule has 0 aliphatic carbocycles. The van der Waals surface area contributed by atoms with Crippen LogP contribution in [0.2, 0.25) is 0 Å². The second-order valence-electron chi connectivity index (χ2n) is 5.85. The monoisotopic (exact) mass is 224 g/mol. The summed E-state index contributed by atoms with van der Waals surface area (Å²) in [5, 5.41) is 3.46. The van der Waals surface area contributed by atoms with E-state index >= 15 is 0 Å². The molecular weight excluding hydrogens is 196 g/mol. The van der Waals surface area contributed by atoms with Gasteiger partial charge in [0.2, 0.25) is 0 Å². The molecule has 2 nitrogen and oxygen atoms in total. The molecule has 94 valence electrons. The van der Waals surface area contributed by atoms with Crippen LogP contribution in [-0.2, 0) is 0 Å². The lowest BCUT2D eigenvalue weighted by molar-refractivity contribution is 0.0934. The lowest BCUT2D eigenvalue weighted by atomic mass is 9.92. The maximum Gasteiger partial charge on any atom is 0.00697 e. The van der Waals surface area contributed by atoms with E-state index in [1.807, 2.05) is 0 Å². The van der Waals surface area contributed by atoms with E-state index in [2.05, 4.69) is 24.1 Å². The lowest BCUT2D eigenvalue weighted by Crippen LogP contribution is -2.44. The smallest absolute Gasteiger partial charge is 0.00697 e. The van der Waals surface area contributed by atoms with Crippen LogP contribution in [0.4, 0.5) is 0 Å². The summed E-state index contributed by atoms with van der Waals surface area (Å²) in [6.45, 7) is 8.66. The molecule has 2 atom stereocenters. The van der Waals surface area contributed by atoms with Crippen molar-refractivity contribution in [3.05, 3.63) is 0 Å². The zero-order chi connectivity index (χ0) is 11.4. The Balaban J connectivity index is 1.74. The Bertz CT molecular complexity index is 189. The van der Waals surface area contributed by atoms with Gasteiger partial charge in [0.05, 0.1) is 0 Å². The largest absolute Gasteiger partial charge is 0.317 e. The fraction of sp³-hybridized carbons (Fsp3) is 1.00. The summed E-state index contributed by atoms with van der Waals surface area (Å²) >= 11 is 0. The Kier molecular flexibility index (Phi) is 4.66. The van der Waals surface area contributed by atoms with Crippen LogP contribution in [0.15, 0.2) is 0 Å². The molecule has 1 N–H and O–H groups in total. The highest BCUT2D eigenvalue weighted by molar-refractivity contribution is 4.80. The van der Waals surface area contributed by atoms with Crippen molar-refractivity contribution in [3.8, 4) is 0 Å². The first-order valence-electron chi connectivity index (χ1n) is 7.24. The first-order chi connectivity index (χ1) is 7.77. The van der Waals surface area contributed by atoms with Crippen LogP contribution in [0.5, 0.6) is 0 Å². The van der Waals surface area contributed by atoms with E-state index in [9.17, 15) is 0 Å². The number of nitrogens with zero attached hydrogens (tertiary/aromatic N) is 1. The van der Waals surface area contributed by atoms with E-state index in [-0.39, 0.29) is 0 Å². The van der Waals surface area contributed by atoms with Gasteiger partial charge in [-0.25, -0.2) is 0 Å². The molecule has 2 rings (SSSR count). The fourth-order valence-electron chi connectivity index (χ4n) is 3.42. The Morgan fingerprint density at radius 1 is 1.00 bits per heavy atom. The number of piperidine rings is 2. The second kappa shape index (κ2) is 6.02. The number of nitrogens with one attached hydrogen (secondary N) is 1. The van der Waals surface area contributed by atoms with Crippen LogP contribution in [0, 0.1) is 5.92 Å². The third-order valence-corrected chi connectivity index (χ3v) is 4.63. The molecule has 0 radical (unpaired) electrons. The molecule has 2 heterocycles. The highest BCUT2D eigenvalue weighted by Crippen LogP contribution is 2.24. The lowest BCUT2D eigenvalue weighted by Gasteiger charge is -2.40. The van der Waals surface area contributed by atoms with E-state index in [0.29, 0.717) is 0 Å². The number of rotatable bonds is 3. The maximum absolute atomic E-state index is 3.46. The van der Waals surface area contributed by atoms with Crippen LogP contribution in [-0.4, -0.2) is 36.6 Å². The molecule has 0 spiro atoms. The van der Waals surface area contributed by atoms with Gasteiger partial charge in [-0.15, -0.1) is 0 Å². The average molecular weight is 224 g/mol. The zero-order valence-corrected chi connectivity index (χ0v) is 11.0. The topological polar surface area (TPSA) is 15.3 Å². The molecule has 2 aliphatic heterocycles. The van der Waals surface area contributed by atoms with Crippen molar-refractivity contribution in [1.29, 1.82) is 0 Å². The van der Waals surface area contributed by atoms with Gasteiger partial charge in [0.1, 0.15) is 0 Å². The van der Waals surface area contributed by atoms with Gasteiger partial charge < -0.3 is 5.32 Å². The van der Waals surface area contributed by atoms with Gasteiger partial charge in [0, 0.05) is 12.1 Å².